The molecule has 0 radical (unpaired) electrons. The molecule has 1 unspecified atom stereocenters. The Morgan fingerprint density at radius 2 is 1.76 bits per heavy atom. The van der Waals surface area contributed by atoms with E-state index in [9.17, 15) is 13.2 Å². The van der Waals surface area contributed by atoms with Crippen molar-refractivity contribution in [1.82, 2.24) is 5.32 Å². The SMILES string of the molecule is CCNC(CCC(F)(F)F)c1cc(OC)c(OC)cc1Br. The summed E-state index contributed by atoms with van der Waals surface area (Å²) < 4.78 is 48.4. The number of hydrogen-bond acceptors (Lipinski definition) is 3. The summed E-state index contributed by atoms with van der Waals surface area (Å²) in [5.74, 6) is 1.02. The Bertz CT molecular complexity index is 466. The van der Waals surface area contributed by atoms with Crippen LogP contribution in [0.15, 0.2) is 16.6 Å². The lowest BCUT2D eigenvalue weighted by atomic mass is 10.0. The monoisotopic (exact) mass is 369 g/mol. The van der Waals surface area contributed by atoms with E-state index in [-0.39, 0.29) is 6.42 Å². The predicted octanol–water partition coefficient (Wildman–Crippen LogP) is 4.46. The summed E-state index contributed by atoms with van der Waals surface area (Å²) in [7, 11) is 3.00. The van der Waals surface area contributed by atoms with E-state index >= 15 is 0 Å². The number of hydrogen-bond donors (Lipinski definition) is 1. The zero-order chi connectivity index (χ0) is 16.0. The molecule has 0 aliphatic rings. The van der Waals surface area contributed by atoms with Crippen LogP contribution >= 0.6 is 15.9 Å². The van der Waals surface area contributed by atoms with Gasteiger partial charge in [-0.25, -0.2) is 0 Å². The molecule has 1 rings (SSSR count). The van der Waals surface area contributed by atoms with Crippen LogP contribution in [-0.4, -0.2) is 26.9 Å². The number of nitrogens with one attached hydrogen (secondary N) is 1. The lowest BCUT2D eigenvalue weighted by molar-refractivity contribution is -0.136. The van der Waals surface area contributed by atoms with Gasteiger partial charge in [0.2, 0.25) is 0 Å². The highest BCUT2D eigenvalue weighted by Crippen LogP contribution is 2.38. The van der Waals surface area contributed by atoms with Gasteiger partial charge in [-0.15, -0.1) is 0 Å². The van der Waals surface area contributed by atoms with Crippen molar-refractivity contribution < 1.29 is 22.6 Å². The Hall–Kier alpha value is -0.950. The van der Waals surface area contributed by atoms with Crippen molar-refractivity contribution in [3.8, 4) is 11.5 Å². The lowest BCUT2D eigenvalue weighted by Crippen LogP contribution is -2.23. The van der Waals surface area contributed by atoms with Crippen LogP contribution in [0.5, 0.6) is 11.5 Å². The molecule has 0 saturated carbocycles. The second-order valence-electron chi connectivity index (χ2n) is 4.49. The Labute approximate surface area is 130 Å². The molecule has 0 saturated heterocycles. The molecule has 0 fully saturated rings. The normalized spacial score (nSPS) is 13.1. The Morgan fingerprint density at radius 3 is 2.24 bits per heavy atom. The van der Waals surface area contributed by atoms with Gasteiger partial charge in [0.25, 0.3) is 0 Å². The maximum absolute atomic E-state index is 12.5. The number of halogens is 4. The fourth-order valence-electron chi connectivity index (χ4n) is 2.06. The van der Waals surface area contributed by atoms with Crippen LogP contribution in [0, 0.1) is 0 Å². The predicted molar refractivity (Wildman–Crippen MR) is 79.0 cm³/mol. The molecule has 0 amide bonds. The lowest BCUT2D eigenvalue weighted by Gasteiger charge is -2.22. The third kappa shape index (κ3) is 5.39. The fourth-order valence-corrected chi connectivity index (χ4v) is 2.66. The minimum absolute atomic E-state index is 0.0363. The molecule has 1 aromatic rings. The third-order valence-electron chi connectivity index (χ3n) is 3.05. The van der Waals surface area contributed by atoms with Gasteiger partial charge in [-0.3, -0.25) is 0 Å². The summed E-state index contributed by atoms with van der Waals surface area (Å²) >= 11 is 3.39. The van der Waals surface area contributed by atoms with E-state index in [0.29, 0.717) is 22.5 Å². The van der Waals surface area contributed by atoms with Gasteiger partial charge in [-0.2, -0.15) is 13.2 Å². The van der Waals surface area contributed by atoms with Crippen LogP contribution in [0.4, 0.5) is 13.2 Å². The Balaban J connectivity index is 3.06. The minimum atomic E-state index is -4.17. The maximum atomic E-state index is 12.5. The smallest absolute Gasteiger partial charge is 0.389 e. The van der Waals surface area contributed by atoms with Crippen LogP contribution < -0.4 is 14.8 Å². The molecule has 7 heteroatoms. The molecule has 0 aromatic heterocycles. The van der Waals surface area contributed by atoms with Gasteiger partial charge in [0.15, 0.2) is 11.5 Å². The van der Waals surface area contributed by atoms with Gasteiger partial charge in [0.05, 0.1) is 14.2 Å². The topological polar surface area (TPSA) is 30.5 Å². The van der Waals surface area contributed by atoms with Crippen LogP contribution in [0.25, 0.3) is 0 Å². The van der Waals surface area contributed by atoms with Crippen LogP contribution in [0.2, 0.25) is 0 Å². The van der Waals surface area contributed by atoms with E-state index in [1.165, 1.54) is 14.2 Å². The van der Waals surface area contributed by atoms with Crippen molar-refractivity contribution in [1.29, 1.82) is 0 Å². The summed E-state index contributed by atoms with van der Waals surface area (Å²) in [4.78, 5) is 0. The van der Waals surface area contributed by atoms with Gasteiger partial charge < -0.3 is 14.8 Å². The first-order valence-electron chi connectivity index (χ1n) is 6.54. The molecule has 0 aliphatic carbocycles. The second-order valence-corrected chi connectivity index (χ2v) is 5.35. The molecule has 0 aliphatic heterocycles. The molecule has 0 spiro atoms. The van der Waals surface area contributed by atoms with Gasteiger partial charge >= 0.3 is 6.18 Å². The maximum Gasteiger partial charge on any atom is 0.389 e. The molecular weight excluding hydrogens is 351 g/mol. The van der Waals surface area contributed by atoms with Crippen LogP contribution in [-0.2, 0) is 0 Å². The highest BCUT2D eigenvalue weighted by Gasteiger charge is 2.29. The molecule has 0 heterocycles. The molecule has 1 aromatic carbocycles. The molecule has 3 nitrogen and oxygen atoms in total. The van der Waals surface area contributed by atoms with Crippen molar-refractivity contribution in [3.05, 3.63) is 22.2 Å². The first-order valence-corrected chi connectivity index (χ1v) is 7.33. The standard InChI is InChI=1S/C14H19BrF3NO2/c1-4-19-11(5-6-14(16,17)18)9-7-12(20-2)13(21-3)8-10(9)15/h7-8,11,19H,4-6H2,1-3H3. The van der Waals surface area contributed by atoms with E-state index in [1.807, 2.05) is 6.92 Å². The van der Waals surface area contributed by atoms with Crippen molar-refractivity contribution in [2.24, 2.45) is 0 Å². The highest BCUT2D eigenvalue weighted by atomic mass is 79.9. The van der Waals surface area contributed by atoms with E-state index in [0.717, 1.165) is 5.56 Å². The number of ether oxygens (including phenoxy) is 2. The van der Waals surface area contributed by atoms with Crippen LogP contribution in [0.3, 0.4) is 0 Å². The molecule has 1 atom stereocenters. The Morgan fingerprint density at radius 1 is 1.19 bits per heavy atom. The number of benzene rings is 1. The van der Waals surface area contributed by atoms with Crippen molar-refractivity contribution in [3.63, 3.8) is 0 Å². The first-order chi connectivity index (χ1) is 9.82. The van der Waals surface area contributed by atoms with Gasteiger partial charge in [-0.05, 0) is 30.7 Å². The quantitative estimate of drug-likeness (QED) is 0.769. The fraction of sp³-hybridized carbons (Fsp3) is 0.571. The van der Waals surface area contributed by atoms with Crippen molar-refractivity contribution in [2.75, 3.05) is 20.8 Å². The van der Waals surface area contributed by atoms with E-state index in [4.69, 9.17) is 9.47 Å². The summed E-state index contributed by atoms with van der Waals surface area (Å²) in [6, 6.07) is 2.99. The van der Waals surface area contributed by atoms with Gasteiger partial charge in [0, 0.05) is 16.9 Å². The zero-order valence-electron chi connectivity index (χ0n) is 12.2. The number of alkyl halides is 3. The summed E-state index contributed by atoms with van der Waals surface area (Å²) in [5, 5.41) is 3.07. The van der Waals surface area contributed by atoms with E-state index in [2.05, 4.69) is 21.2 Å². The summed E-state index contributed by atoms with van der Waals surface area (Å²) in [6.45, 7) is 2.43. The number of rotatable bonds is 7. The first kappa shape index (κ1) is 18.1. The molecule has 21 heavy (non-hydrogen) atoms. The van der Waals surface area contributed by atoms with E-state index < -0.39 is 18.6 Å². The average Bonchev–Trinajstić information content (AvgIpc) is 2.42. The minimum Gasteiger partial charge on any atom is -0.493 e. The molecule has 0 bridgehead atoms. The third-order valence-corrected chi connectivity index (χ3v) is 3.73. The van der Waals surface area contributed by atoms with Gasteiger partial charge in [0.1, 0.15) is 0 Å². The van der Waals surface area contributed by atoms with E-state index in [1.54, 1.807) is 12.1 Å². The van der Waals surface area contributed by atoms with Gasteiger partial charge in [-0.1, -0.05) is 22.9 Å². The Kier molecular flexibility index (Phi) is 6.80. The zero-order valence-corrected chi connectivity index (χ0v) is 13.8. The van der Waals surface area contributed by atoms with Crippen molar-refractivity contribution in [2.45, 2.75) is 32.0 Å². The highest BCUT2D eigenvalue weighted by molar-refractivity contribution is 9.10. The number of methoxy groups -OCH3 is 2. The van der Waals surface area contributed by atoms with Crippen molar-refractivity contribution >= 4 is 15.9 Å². The summed E-state index contributed by atoms with van der Waals surface area (Å²) in [6.07, 6.45) is -5.05. The molecule has 120 valence electrons. The average molecular weight is 370 g/mol. The molecule has 1 N–H and O–H groups in total. The second kappa shape index (κ2) is 7.89. The summed E-state index contributed by atoms with van der Waals surface area (Å²) in [5.41, 5.74) is 0.721. The molecular formula is C14H19BrF3NO2. The largest absolute Gasteiger partial charge is 0.493 e. The van der Waals surface area contributed by atoms with Crippen LogP contribution in [0.1, 0.15) is 31.4 Å².